The number of amides is 3. The third kappa shape index (κ3) is 5.38. The van der Waals surface area contributed by atoms with Crippen LogP contribution in [0.25, 0.3) is 0 Å². The average Bonchev–Trinajstić information content (AvgIpc) is 2.74. The maximum absolute atomic E-state index is 11.4. The minimum Gasteiger partial charge on any atom is -0.356 e. The lowest BCUT2D eigenvalue weighted by Crippen LogP contribution is -2.31. The number of nitrogens with one attached hydrogen (secondary N) is 1. The molecule has 0 spiro atoms. The minimum absolute atomic E-state index is 0. The molecular weight excluding hydrogens is 264 g/mol. The zero-order valence-corrected chi connectivity index (χ0v) is 11.6. The van der Waals surface area contributed by atoms with Crippen LogP contribution in [0.3, 0.4) is 0 Å². The lowest BCUT2D eigenvalue weighted by atomic mass is 10.2. The van der Waals surface area contributed by atoms with Crippen LogP contribution in [0, 0.1) is 0 Å². The first kappa shape index (κ1) is 16.1. The Morgan fingerprint density at radius 1 is 1.20 bits per heavy atom. The van der Waals surface area contributed by atoms with Gasteiger partial charge in [-0.05, 0) is 12.8 Å². The van der Waals surface area contributed by atoms with Gasteiger partial charge in [-0.2, -0.15) is 0 Å². The third-order valence-electron chi connectivity index (χ3n) is 2.90. The molecule has 1 fully saturated rings. The molecule has 7 heteroatoms. The highest BCUT2D eigenvalue weighted by atomic mass is 16.7. The van der Waals surface area contributed by atoms with E-state index in [-0.39, 0.29) is 26.6 Å². The quantitative estimate of drug-likeness (QED) is 0.529. The summed E-state index contributed by atoms with van der Waals surface area (Å²) in [5.41, 5.74) is 0. The molecule has 1 aliphatic rings. The zero-order valence-electron chi connectivity index (χ0n) is 11.6. The van der Waals surface area contributed by atoms with Crippen molar-refractivity contribution >= 4 is 23.7 Å². The molecule has 7 nitrogen and oxygen atoms in total. The Balaban J connectivity index is 0.00000400. The summed E-state index contributed by atoms with van der Waals surface area (Å²) in [6.45, 7) is 2.37. The number of carbonyl (C=O) groups is 4. The first-order chi connectivity index (χ1) is 9.54. The van der Waals surface area contributed by atoms with Gasteiger partial charge in [0.15, 0.2) is 0 Å². The van der Waals surface area contributed by atoms with Crippen LogP contribution in [0.2, 0.25) is 0 Å². The molecule has 3 amide bonds. The summed E-state index contributed by atoms with van der Waals surface area (Å²) in [6, 6.07) is 0. The van der Waals surface area contributed by atoms with E-state index in [1.807, 2.05) is 0 Å². The van der Waals surface area contributed by atoms with Crippen molar-refractivity contribution < 1.29 is 25.4 Å². The van der Waals surface area contributed by atoms with Crippen molar-refractivity contribution in [3.8, 4) is 0 Å². The molecule has 1 aliphatic heterocycles. The molecule has 0 bridgehead atoms. The molecule has 1 N–H and O–H groups in total. The van der Waals surface area contributed by atoms with Crippen molar-refractivity contribution in [2.45, 2.75) is 51.9 Å². The van der Waals surface area contributed by atoms with E-state index in [0.29, 0.717) is 24.4 Å². The second-order valence-corrected chi connectivity index (χ2v) is 4.56. The van der Waals surface area contributed by atoms with Crippen LogP contribution in [-0.2, 0) is 24.0 Å². The summed E-state index contributed by atoms with van der Waals surface area (Å²) < 4.78 is 0. The zero-order chi connectivity index (χ0) is 15.0. The van der Waals surface area contributed by atoms with Gasteiger partial charge >= 0.3 is 5.97 Å². The first-order valence-electron chi connectivity index (χ1n) is 6.88. The van der Waals surface area contributed by atoms with Gasteiger partial charge in [0.25, 0.3) is 11.8 Å². The second-order valence-electron chi connectivity index (χ2n) is 4.56. The van der Waals surface area contributed by atoms with E-state index in [2.05, 4.69) is 5.32 Å². The number of imide groups is 1. The number of hydrogen-bond donors (Lipinski definition) is 1. The largest absolute Gasteiger partial charge is 0.356 e. The molecule has 114 valence electrons. The smallest absolute Gasteiger partial charge is 0.333 e. The molecular formula is C13H22N2O5. The van der Waals surface area contributed by atoms with Gasteiger partial charge in [-0.15, -0.1) is 5.06 Å². The Morgan fingerprint density at radius 3 is 2.45 bits per heavy atom. The van der Waals surface area contributed by atoms with Crippen molar-refractivity contribution in [3.63, 3.8) is 0 Å². The molecule has 0 aliphatic carbocycles. The summed E-state index contributed by atoms with van der Waals surface area (Å²) in [5.74, 6) is -1.50. The van der Waals surface area contributed by atoms with E-state index >= 15 is 0 Å². The highest BCUT2D eigenvalue weighted by molar-refractivity contribution is 6.01. The summed E-state index contributed by atoms with van der Waals surface area (Å²) in [5, 5.41) is 3.30. The van der Waals surface area contributed by atoms with Gasteiger partial charge in [0.05, 0.1) is 0 Å². The van der Waals surface area contributed by atoms with Gasteiger partial charge in [0.1, 0.15) is 0 Å². The number of unbranched alkanes of at least 4 members (excludes halogenated alkanes) is 2. The van der Waals surface area contributed by atoms with E-state index in [4.69, 9.17) is 4.84 Å². The number of hydroxylamine groups is 2. The van der Waals surface area contributed by atoms with Crippen molar-refractivity contribution in [1.82, 2.24) is 10.4 Å². The lowest BCUT2D eigenvalue weighted by Gasteiger charge is -2.12. The first-order valence-corrected chi connectivity index (χ1v) is 6.88. The van der Waals surface area contributed by atoms with Crippen LogP contribution in [0.5, 0.6) is 0 Å². The molecule has 1 saturated heterocycles. The standard InChI is InChI=1S/C13H20N2O5.H2/c1-2-10(16)14-9-5-3-4-6-13(19)20-15-11(17)7-8-12(15)18;/h2-9H2,1H3,(H,14,16);1H. The molecule has 0 radical (unpaired) electrons. The van der Waals surface area contributed by atoms with Gasteiger partial charge < -0.3 is 10.2 Å². The maximum atomic E-state index is 11.4. The molecule has 0 saturated carbocycles. The van der Waals surface area contributed by atoms with E-state index in [1.165, 1.54) is 0 Å². The summed E-state index contributed by atoms with van der Waals surface area (Å²) in [6.07, 6.45) is 2.95. The Morgan fingerprint density at radius 2 is 1.85 bits per heavy atom. The molecule has 20 heavy (non-hydrogen) atoms. The van der Waals surface area contributed by atoms with Crippen LogP contribution in [-0.4, -0.2) is 35.3 Å². The van der Waals surface area contributed by atoms with Gasteiger partial charge in [0, 0.05) is 33.7 Å². The van der Waals surface area contributed by atoms with E-state index in [0.717, 1.165) is 12.8 Å². The number of carbonyl (C=O) groups excluding carboxylic acids is 4. The number of nitrogens with zero attached hydrogens (tertiary/aromatic N) is 1. The average molecular weight is 286 g/mol. The predicted molar refractivity (Wildman–Crippen MR) is 71.1 cm³/mol. The Bertz CT molecular complexity index is 384. The molecule has 0 atom stereocenters. The molecule has 1 heterocycles. The summed E-state index contributed by atoms with van der Waals surface area (Å²) >= 11 is 0. The fourth-order valence-corrected chi connectivity index (χ4v) is 1.73. The Labute approximate surface area is 119 Å². The topological polar surface area (TPSA) is 92.8 Å². The van der Waals surface area contributed by atoms with Crippen LogP contribution in [0.1, 0.15) is 53.3 Å². The normalized spacial score (nSPS) is 14.6. The number of rotatable bonds is 8. The van der Waals surface area contributed by atoms with Crippen molar-refractivity contribution in [1.29, 1.82) is 0 Å². The SMILES string of the molecule is CCC(=O)NCCCCCC(=O)ON1C(=O)CCC1=O.[HH]. The number of hydrogen-bond acceptors (Lipinski definition) is 5. The molecule has 0 aromatic carbocycles. The van der Waals surface area contributed by atoms with Crippen molar-refractivity contribution in [3.05, 3.63) is 0 Å². The van der Waals surface area contributed by atoms with Crippen molar-refractivity contribution in [2.24, 2.45) is 0 Å². The summed E-state index contributed by atoms with van der Waals surface area (Å²) in [7, 11) is 0. The van der Waals surface area contributed by atoms with Crippen LogP contribution >= 0.6 is 0 Å². The third-order valence-corrected chi connectivity index (χ3v) is 2.90. The highest BCUT2D eigenvalue weighted by Crippen LogP contribution is 2.13. The molecule has 0 unspecified atom stereocenters. The maximum Gasteiger partial charge on any atom is 0.333 e. The van der Waals surface area contributed by atoms with Crippen LogP contribution in [0.4, 0.5) is 0 Å². The van der Waals surface area contributed by atoms with Crippen LogP contribution < -0.4 is 5.32 Å². The molecule has 0 aromatic rings. The highest BCUT2D eigenvalue weighted by Gasteiger charge is 2.32. The minimum atomic E-state index is -0.578. The Hall–Kier alpha value is -1.92. The molecule has 1 rings (SSSR count). The second kappa shape index (κ2) is 8.29. The van der Waals surface area contributed by atoms with Gasteiger partial charge in [-0.25, -0.2) is 4.79 Å². The van der Waals surface area contributed by atoms with Gasteiger partial charge in [-0.3, -0.25) is 14.4 Å². The van der Waals surface area contributed by atoms with E-state index in [9.17, 15) is 19.2 Å². The Kier molecular flexibility index (Phi) is 6.69. The van der Waals surface area contributed by atoms with Gasteiger partial charge in [-0.1, -0.05) is 13.3 Å². The van der Waals surface area contributed by atoms with E-state index < -0.39 is 17.8 Å². The predicted octanol–water partition coefficient (Wildman–Crippen LogP) is 0.926. The summed E-state index contributed by atoms with van der Waals surface area (Å²) in [4.78, 5) is 49.5. The van der Waals surface area contributed by atoms with Crippen LogP contribution in [0.15, 0.2) is 0 Å². The van der Waals surface area contributed by atoms with Crippen molar-refractivity contribution in [2.75, 3.05) is 6.54 Å². The monoisotopic (exact) mass is 286 g/mol. The lowest BCUT2D eigenvalue weighted by molar-refractivity contribution is -0.197. The van der Waals surface area contributed by atoms with Gasteiger partial charge in [0.2, 0.25) is 5.91 Å². The fourth-order valence-electron chi connectivity index (χ4n) is 1.73. The molecule has 0 aromatic heterocycles. The van der Waals surface area contributed by atoms with E-state index in [1.54, 1.807) is 6.92 Å². The fraction of sp³-hybridized carbons (Fsp3) is 0.692.